The van der Waals surface area contributed by atoms with Crippen molar-refractivity contribution in [1.29, 1.82) is 0 Å². The highest BCUT2D eigenvalue weighted by molar-refractivity contribution is 5.78. The summed E-state index contributed by atoms with van der Waals surface area (Å²) in [5, 5.41) is 5.99. The summed E-state index contributed by atoms with van der Waals surface area (Å²) in [6, 6.07) is 0. The van der Waals surface area contributed by atoms with Gasteiger partial charge in [-0.05, 0) is 56.3 Å². The van der Waals surface area contributed by atoms with Gasteiger partial charge in [0.25, 0.3) is 0 Å². The lowest BCUT2D eigenvalue weighted by molar-refractivity contribution is -0.126. The molecule has 0 aromatic carbocycles. The van der Waals surface area contributed by atoms with E-state index in [1.165, 1.54) is 45.4 Å². The summed E-state index contributed by atoms with van der Waals surface area (Å²) in [7, 11) is 0. The van der Waals surface area contributed by atoms with Crippen molar-refractivity contribution >= 4 is 11.8 Å². The summed E-state index contributed by atoms with van der Waals surface area (Å²) in [6.45, 7) is 1.94. The molecule has 0 aromatic heterocycles. The van der Waals surface area contributed by atoms with Gasteiger partial charge in [0.15, 0.2) is 0 Å². The summed E-state index contributed by atoms with van der Waals surface area (Å²) in [5.74, 6) is 2.59. The van der Waals surface area contributed by atoms with Crippen LogP contribution in [0.1, 0.15) is 51.9 Å². The number of hydrogen-bond donors (Lipinski definition) is 2. The molecule has 2 amide bonds. The summed E-state index contributed by atoms with van der Waals surface area (Å²) >= 11 is 0. The Labute approximate surface area is 114 Å². The van der Waals surface area contributed by atoms with E-state index in [9.17, 15) is 9.59 Å². The van der Waals surface area contributed by atoms with Crippen molar-refractivity contribution in [3.05, 3.63) is 0 Å². The van der Waals surface area contributed by atoms with Crippen LogP contribution in [0.5, 0.6) is 0 Å². The van der Waals surface area contributed by atoms with Crippen LogP contribution in [0.4, 0.5) is 0 Å². The Morgan fingerprint density at radius 2 is 1.58 bits per heavy atom. The van der Waals surface area contributed by atoms with E-state index in [2.05, 4.69) is 10.6 Å². The van der Waals surface area contributed by atoms with Crippen LogP contribution < -0.4 is 10.6 Å². The van der Waals surface area contributed by atoms with Crippen molar-refractivity contribution in [2.75, 3.05) is 6.54 Å². The molecule has 4 bridgehead atoms. The smallest absolute Gasteiger partial charge is 0.222 e. The minimum atomic E-state index is -0.0670. The van der Waals surface area contributed by atoms with Gasteiger partial charge in [-0.1, -0.05) is 0 Å². The molecule has 0 spiro atoms. The number of hydrogen-bond acceptors (Lipinski definition) is 2. The molecule has 0 heterocycles. The maximum Gasteiger partial charge on any atom is 0.222 e. The zero-order valence-corrected chi connectivity index (χ0v) is 11.7. The van der Waals surface area contributed by atoms with E-state index >= 15 is 0 Å². The summed E-state index contributed by atoms with van der Waals surface area (Å²) < 4.78 is 0. The first-order chi connectivity index (χ1) is 9.05. The summed E-state index contributed by atoms with van der Waals surface area (Å²) in [5.41, 5.74) is 0.0993. The zero-order chi connectivity index (χ0) is 13.5. The Bertz CT molecular complexity index is 356. The highest BCUT2D eigenvalue weighted by atomic mass is 16.2. The third kappa shape index (κ3) is 2.77. The monoisotopic (exact) mass is 264 g/mol. The fourth-order valence-electron chi connectivity index (χ4n) is 4.97. The second kappa shape index (κ2) is 4.80. The van der Waals surface area contributed by atoms with Crippen LogP contribution >= 0.6 is 0 Å². The van der Waals surface area contributed by atoms with Crippen molar-refractivity contribution < 1.29 is 9.59 Å². The van der Waals surface area contributed by atoms with Gasteiger partial charge in [0, 0.05) is 25.4 Å². The van der Waals surface area contributed by atoms with Crippen molar-refractivity contribution in [2.24, 2.45) is 17.8 Å². The van der Waals surface area contributed by atoms with E-state index in [1.807, 2.05) is 0 Å². The summed E-state index contributed by atoms with van der Waals surface area (Å²) in [6.07, 6.45) is 8.13. The fraction of sp³-hybridized carbons (Fsp3) is 0.867. The lowest BCUT2D eigenvalue weighted by Crippen LogP contribution is -2.60. The molecule has 19 heavy (non-hydrogen) atoms. The molecule has 4 aliphatic rings. The predicted octanol–water partition coefficient (Wildman–Crippen LogP) is 1.60. The summed E-state index contributed by atoms with van der Waals surface area (Å²) in [4.78, 5) is 22.8. The van der Waals surface area contributed by atoms with Crippen LogP contribution in [-0.4, -0.2) is 23.9 Å². The molecule has 2 N–H and O–H groups in total. The Morgan fingerprint density at radius 1 is 1.05 bits per heavy atom. The average molecular weight is 264 g/mol. The molecule has 0 saturated heterocycles. The molecule has 106 valence electrons. The number of nitrogens with one attached hydrogen (secondary N) is 2. The molecular formula is C15H24N2O2. The number of carbonyl (C=O) groups is 2. The molecule has 0 aliphatic heterocycles. The van der Waals surface area contributed by atoms with Gasteiger partial charge in [-0.15, -0.1) is 0 Å². The number of rotatable bonds is 4. The third-order valence-corrected chi connectivity index (χ3v) is 5.17. The van der Waals surface area contributed by atoms with E-state index in [0.717, 1.165) is 17.8 Å². The van der Waals surface area contributed by atoms with Crippen LogP contribution in [0, 0.1) is 17.8 Å². The quantitative estimate of drug-likeness (QED) is 0.810. The van der Waals surface area contributed by atoms with E-state index in [-0.39, 0.29) is 17.4 Å². The second-order valence-electron chi connectivity index (χ2n) is 6.98. The third-order valence-electron chi connectivity index (χ3n) is 5.17. The molecule has 4 rings (SSSR count). The van der Waals surface area contributed by atoms with Gasteiger partial charge in [0.2, 0.25) is 11.8 Å². The molecule has 4 aliphatic carbocycles. The molecule has 4 saturated carbocycles. The molecule has 4 fully saturated rings. The topological polar surface area (TPSA) is 58.2 Å². The zero-order valence-electron chi connectivity index (χ0n) is 11.7. The highest BCUT2D eigenvalue weighted by Gasteiger charge is 2.51. The van der Waals surface area contributed by atoms with Crippen molar-refractivity contribution in [2.45, 2.75) is 57.4 Å². The minimum Gasteiger partial charge on any atom is -0.356 e. The van der Waals surface area contributed by atoms with Gasteiger partial charge < -0.3 is 10.6 Å². The SMILES string of the molecule is CC(=O)NCCC(=O)NC12CC3CC(CC(C3)C1)C2. The largest absolute Gasteiger partial charge is 0.356 e. The Hall–Kier alpha value is -1.06. The molecule has 0 radical (unpaired) electrons. The Morgan fingerprint density at radius 3 is 2.05 bits per heavy atom. The standard InChI is InChI=1S/C15H24N2O2/c1-10(18)16-3-2-14(19)17-15-7-11-4-12(8-15)6-13(5-11)9-15/h11-13H,2-9H2,1H3,(H,16,18)(H,17,19). The molecule has 4 nitrogen and oxygen atoms in total. The maximum absolute atomic E-state index is 12.0. The number of carbonyl (C=O) groups excluding carboxylic acids is 2. The van der Waals surface area contributed by atoms with Gasteiger partial charge in [-0.3, -0.25) is 9.59 Å². The average Bonchev–Trinajstić information content (AvgIpc) is 2.25. The van der Waals surface area contributed by atoms with Crippen molar-refractivity contribution in [1.82, 2.24) is 10.6 Å². The Balaban J connectivity index is 1.54. The first kappa shape index (κ1) is 12.9. The minimum absolute atomic E-state index is 0.0670. The van der Waals surface area contributed by atoms with E-state index in [4.69, 9.17) is 0 Å². The second-order valence-corrected chi connectivity index (χ2v) is 6.98. The molecule has 0 unspecified atom stereocenters. The molecule has 0 atom stereocenters. The van der Waals surface area contributed by atoms with Gasteiger partial charge in [0.05, 0.1) is 0 Å². The van der Waals surface area contributed by atoms with Crippen molar-refractivity contribution in [3.8, 4) is 0 Å². The van der Waals surface area contributed by atoms with Gasteiger partial charge in [0.1, 0.15) is 0 Å². The Kier molecular flexibility index (Phi) is 3.27. The van der Waals surface area contributed by atoms with Crippen LogP contribution in [0.25, 0.3) is 0 Å². The lowest BCUT2D eigenvalue weighted by atomic mass is 9.53. The predicted molar refractivity (Wildman–Crippen MR) is 72.3 cm³/mol. The van der Waals surface area contributed by atoms with Crippen molar-refractivity contribution in [3.63, 3.8) is 0 Å². The normalized spacial score (nSPS) is 39.1. The lowest BCUT2D eigenvalue weighted by Gasteiger charge is -2.56. The van der Waals surface area contributed by atoms with Gasteiger partial charge >= 0.3 is 0 Å². The fourth-order valence-corrected chi connectivity index (χ4v) is 4.97. The molecule has 0 aromatic rings. The first-order valence-electron chi connectivity index (χ1n) is 7.60. The molecule has 4 heteroatoms. The molecular weight excluding hydrogens is 240 g/mol. The van der Waals surface area contributed by atoms with E-state index in [0.29, 0.717) is 13.0 Å². The first-order valence-corrected chi connectivity index (χ1v) is 7.60. The van der Waals surface area contributed by atoms with Crippen LogP contribution in [-0.2, 0) is 9.59 Å². The van der Waals surface area contributed by atoms with Crippen LogP contribution in [0.15, 0.2) is 0 Å². The van der Waals surface area contributed by atoms with Gasteiger partial charge in [-0.25, -0.2) is 0 Å². The maximum atomic E-state index is 12.0. The van der Waals surface area contributed by atoms with E-state index < -0.39 is 0 Å². The number of amides is 2. The highest BCUT2D eigenvalue weighted by Crippen LogP contribution is 2.55. The van der Waals surface area contributed by atoms with Crippen LogP contribution in [0.2, 0.25) is 0 Å². The van der Waals surface area contributed by atoms with Crippen LogP contribution in [0.3, 0.4) is 0 Å². The van der Waals surface area contributed by atoms with Gasteiger partial charge in [-0.2, -0.15) is 0 Å². The van der Waals surface area contributed by atoms with E-state index in [1.54, 1.807) is 0 Å².